The van der Waals surface area contributed by atoms with Crippen molar-refractivity contribution in [1.29, 1.82) is 0 Å². The first-order valence-electron chi connectivity index (χ1n) is 6.23. The fraction of sp³-hybridized carbons (Fsp3) is 0.500. The van der Waals surface area contributed by atoms with E-state index in [2.05, 4.69) is 0 Å². The van der Waals surface area contributed by atoms with E-state index in [1.165, 1.54) is 0 Å². The van der Waals surface area contributed by atoms with Gasteiger partial charge in [0.1, 0.15) is 5.00 Å². The number of rotatable bonds is 4. The Morgan fingerprint density at radius 3 is 2.35 bits per heavy atom. The molecule has 1 aliphatic heterocycles. The van der Waals surface area contributed by atoms with Crippen LogP contribution in [-0.2, 0) is 0 Å². The second kappa shape index (κ2) is 5.39. The van der Waals surface area contributed by atoms with Gasteiger partial charge in [-0.05, 0) is 0 Å². The molecule has 2 heterocycles. The monoisotopic (exact) mass is 299 g/mol. The molecule has 0 radical (unpaired) electrons. The van der Waals surface area contributed by atoms with Gasteiger partial charge in [-0.15, -0.1) is 11.3 Å². The van der Waals surface area contributed by atoms with Gasteiger partial charge in [0, 0.05) is 19.5 Å². The lowest BCUT2D eigenvalue weighted by atomic mass is 10.1. The lowest BCUT2D eigenvalue weighted by Crippen LogP contribution is -2.24. The molecule has 1 fully saturated rings. The summed E-state index contributed by atoms with van der Waals surface area (Å²) in [6.45, 7) is 2.04. The quantitative estimate of drug-likeness (QED) is 0.558. The summed E-state index contributed by atoms with van der Waals surface area (Å²) in [5, 5.41) is 19.6. The number of Topliss-reactive ketones (excluding diaryl/α,β-unsaturated/α-hetero) is 1. The van der Waals surface area contributed by atoms with Crippen LogP contribution in [0.4, 0.5) is 10.7 Å². The molecule has 6 N–H and O–H groups in total. The van der Waals surface area contributed by atoms with E-state index >= 15 is 0 Å². The Labute approximate surface area is 119 Å². The van der Waals surface area contributed by atoms with Crippen molar-refractivity contribution in [2.75, 3.05) is 23.7 Å². The molecule has 0 aliphatic carbocycles. The van der Waals surface area contributed by atoms with Crippen LogP contribution in [-0.4, -0.2) is 47.2 Å². The summed E-state index contributed by atoms with van der Waals surface area (Å²) in [7, 11) is 0. The molecule has 1 aromatic rings. The van der Waals surface area contributed by atoms with Gasteiger partial charge in [0.05, 0.1) is 28.3 Å². The summed E-state index contributed by atoms with van der Waals surface area (Å²) < 4.78 is 0. The van der Waals surface area contributed by atoms with E-state index in [1.807, 2.05) is 0 Å². The molecule has 0 bridgehead atoms. The van der Waals surface area contributed by atoms with Crippen molar-refractivity contribution >= 4 is 33.7 Å². The second-order valence-corrected chi connectivity index (χ2v) is 5.70. The summed E-state index contributed by atoms with van der Waals surface area (Å²) in [4.78, 5) is 25.3. The first-order valence-corrected chi connectivity index (χ1v) is 7.04. The van der Waals surface area contributed by atoms with Crippen molar-refractivity contribution in [3.63, 3.8) is 0 Å². The first kappa shape index (κ1) is 14.8. The molecular formula is C12H17N3O4S. The lowest BCUT2D eigenvalue weighted by molar-refractivity contribution is 0.0572. The van der Waals surface area contributed by atoms with Crippen molar-refractivity contribution in [3.05, 3.63) is 10.4 Å². The Bertz CT molecular complexity index is 547. The number of nitrogens with two attached hydrogens (primary N) is 2. The van der Waals surface area contributed by atoms with Crippen molar-refractivity contribution in [3.8, 4) is 0 Å². The van der Waals surface area contributed by atoms with Gasteiger partial charge in [-0.2, -0.15) is 0 Å². The van der Waals surface area contributed by atoms with Crippen LogP contribution in [0, 0.1) is 0 Å². The van der Waals surface area contributed by atoms with Crippen molar-refractivity contribution in [2.45, 2.75) is 25.6 Å². The molecule has 20 heavy (non-hydrogen) atoms. The smallest absolute Gasteiger partial charge is 0.253 e. The molecule has 7 nitrogen and oxygen atoms in total. The molecule has 8 heteroatoms. The molecule has 1 aliphatic rings. The number of hydrogen-bond donors (Lipinski definition) is 4. The van der Waals surface area contributed by atoms with E-state index in [4.69, 9.17) is 11.5 Å². The molecule has 2 rings (SSSR count). The van der Waals surface area contributed by atoms with Gasteiger partial charge in [-0.1, -0.05) is 6.92 Å². The zero-order valence-corrected chi connectivity index (χ0v) is 11.8. The number of aliphatic hydroxyl groups is 2. The van der Waals surface area contributed by atoms with E-state index < -0.39 is 18.1 Å². The maximum atomic E-state index is 11.8. The molecule has 0 aromatic carbocycles. The Hall–Kier alpha value is -1.64. The minimum atomic E-state index is -0.899. The maximum Gasteiger partial charge on any atom is 0.253 e. The van der Waals surface area contributed by atoms with Gasteiger partial charge in [0.25, 0.3) is 5.91 Å². The molecular weight excluding hydrogens is 282 g/mol. The van der Waals surface area contributed by atoms with Crippen molar-refractivity contribution in [2.24, 2.45) is 5.73 Å². The number of aliphatic hydroxyl groups excluding tert-OH is 2. The van der Waals surface area contributed by atoms with Gasteiger partial charge in [-0.3, -0.25) is 9.59 Å². The van der Waals surface area contributed by atoms with Gasteiger partial charge >= 0.3 is 0 Å². The first-order chi connectivity index (χ1) is 9.36. The topological polar surface area (TPSA) is 130 Å². The molecule has 0 spiro atoms. The highest BCUT2D eigenvalue weighted by molar-refractivity contribution is 7.19. The molecule has 1 aromatic heterocycles. The van der Waals surface area contributed by atoms with E-state index in [0.29, 0.717) is 9.88 Å². The van der Waals surface area contributed by atoms with Crippen LogP contribution in [0.15, 0.2) is 0 Å². The number of nitrogen functional groups attached to an aromatic ring is 1. The summed E-state index contributed by atoms with van der Waals surface area (Å²) in [6.07, 6.45) is -1.53. The number of nitrogens with zero attached hydrogens (tertiary/aromatic N) is 1. The van der Waals surface area contributed by atoms with Gasteiger partial charge < -0.3 is 26.6 Å². The van der Waals surface area contributed by atoms with E-state index in [0.717, 1.165) is 11.3 Å². The number of anilines is 2. The van der Waals surface area contributed by atoms with Crippen molar-refractivity contribution < 1.29 is 19.8 Å². The number of hydrogen-bond acceptors (Lipinski definition) is 7. The minimum Gasteiger partial charge on any atom is -0.397 e. The standard InChI is InChI=1S/C12H17N3O4S/c1-2-5(16)10-9(13)8(11(14)19)12(20-10)15-3-6(17)7(18)4-15/h6-7,17-18H,2-4,13H2,1H3,(H2,14,19). The number of carbonyl (C=O) groups is 2. The highest BCUT2D eigenvalue weighted by Gasteiger charge is 2.34. The molecule has 1 amide bonds. The highest BCUT2D eigenvalue weighted by Crippen LogP contribution is 2.40. The average Bonchev–Trinajstić information content (AvgIpc) is 2.90. The van der Waals surface area contributed by atoms with Crippen LogP contribution in [0.5, 0.6) is 0 Å². The summed E-state index contributed by atoms with van der Waals surface area (Å²) in [6, 6.07) is 0. The van der Waals surface area contributed by atoms with E-state index in [1.54, 1.807) is 11.8 Å². The molecule has 1 saturated heterocycles. The maximum absolute atomic E-state index is 11.8. The van der Waals surface area contributed by atoms with Crippen LogP contribution in [0.1, 0.15) is 33.4 Å². The van der Waals surface area contributed by atoms with Crippen LogP contribution in [0.2, 0.25) is 0 Å². The summed E-state index contributed by atoms with van der Waals surface area (Å²) in [5.41, 5.74) is 11.4. The zero-order chi connectivity index (χ0) is 15.0. The van der Waals surface area contributed by atoms with Crippen LogP contribution in [0.3, 0.4) is 0 Å². The number of primary amides is 1. The number of ketones is 1. The predicted molar refractivity (Wildman–Crippen MR) is 76.1 cm³/mol. The Morgan fingerprint density at radius 2 is 1.90 bits per heavy atom. The molecule has 110 valence electrons. The number of carbonyl (C=O) groups excluding carboxylic acids is 2. The SMILES string of the molecule is CCC(=O)c1sc(N2CC(O)C(O)C2)c(C(N)=O)c1N. The lowest BCUT2D eigenvalue weighted by Gasteiger charge is -2.16. The minimum absolute atomic E-state index is 0.0835. The van der Waals surface area contributed by atoms with Gasteiger partial charge in [-0.25, -0.2) is 0 Å². The Kier molecular flexibility index (Phi) is 3.98. The number of thiophene rings is 1. The largest absolute Gasteiger partial charge is 0.397 e. The molecule has 0 saturated carbocycles. The molecule has 2 atom stereocenters. The zero-order valence-electron chi connectivity index (χ0n) is 11.0. The van der Waals surface area contributed by atoms with Gasteiger partial charge in [0.15, 0.2) is 5.78 Å². The second-order valence-electron chi connectivity index (χ2n) is 4.71. The fourth-order valence-corrected chi connectivity index (χ4v) is 3.45. The number of β-amino-alcohol motifs (C(OH)–C–C–N with tert-alkyl or cyclic N) is 2. The van der Waals surface area contributed by atoms with E-state index in [-0.39, 0.29) is 36.5 Å². The Balaban J connectivity index is 2.47. The summed E-state index contributed by atoms with van der Waals surface area (Å²) in [5.74, 6) is -0.888. The normalized spacial score (nSPS) is 22.2. The third-order valence-electron chi connectivity index (χ3n) is 3.29. The third-order valence-corrected chi connectivity index (χ3v) is 4.60. The summed E-state index contributed by atoms with van der Waals surface area (Å²) >= 11 is 1.08. The number of amides is 1. The fourth-order valence-electron chi connectivity index (χ4n) is 2.20. The highest BCUT2D eigenvalue weighted by atomic mass is 32.1. The van der Waals surface area contributed by atoms with Crippen molar-refractivity contribution in [1.82, 2.24) is 0 Å². The Morgan fingerprint density at radius 1 is 1.35 bits per heavy atom. The van der Waals surface area contributed by atoms with Crippen LogP contribution >= 0.6 is 11.3 Å². The molecule has 2 unspecified atom stereocenters. The average molecular weight is 299 g/mol. The van der Waals surface area contributed by atoms with E-state index in [9.17, 15) is 19.8 Å². The van der Waals surface area contributed by atoms with Crippen LogP contribution in [0.25, 0.3) is 0 Å². The predicted octanol–water partition coefficient (Wildman–Crippen LogP) is -0.436. The van der Waals surface area contributed by atoms with Crippen LogP contribution < -0.4 is 16.4 Å². The third kappa shape index (κ3) is 2.37. The van der Waals surface area contributed by atoms with Gasteiger partial charge in [0.2, 0.25) is 0 Å².